The second-order valence-electron chi connectivity index (χ2n) is 6.34. The van der Waals surface area contributed by atoms with Gasteiger partial charge in [0.2, 0.25) is 0 Å². The molecule has 130 valence electrons. The Balaban J connectivity index is 1.72. The van der Waals surface area contributed by atoms with E-state index in [1.807, 2.05) is 35.4 Å². The maximum atomic E-state index is 13.1. The van der Waals surface area contributed by atoms with Crippen LogP contribution in [-0.4, -0.2) is 41.5 Å². The Labute approximate surface area is 149 Å². The largest absolute Gasteiger partial charge is 0.329 e. The van der Waals surface area contributed by atoms with Gasteiger partial charge >= 0.3 is 0 Å². The fourth-order valence-corrected chi connectivity index (χ4v) is 4.19. The fourth-order valence-electron chi connectivity index (χ4n) is 3.48. The molecule has 1 unspecified atom stereocenters. The average Bonchev–Trinajstić information content (AvgIpc) is 3.30. The van der Waals surface area contributed by atoms with E-state index in [2.05, 4.69) is 14.7 Å². The van der Waals surface area contributed by atoms with E-state index in [1.165, 1.54) is 11.5 Å². The van der Waals surface area contributed by atoms with E-state index in [4.69, 9.17) is 4.98 Å². The second-order valence-corrected chi connectivity index (χ2v) is 7.09. The van der Waals surface area contributed by atoms with Crippen LogP contribution >= 0.6 is 11.5 Å². The van der Waals surface area contributed by atoms with Crippen LogP contribution in [-0.2, 0) is 6.42 Å². The van der Waals surface area contributed by atoms with E-state index in [0.717, 1.165) is 55.0 Å². The lowest BCUT2D eigenvalue weighted by atomic mass is 9.98. The number of amides is 1. The molecule has 1 amide bonds. The van der Waals surface area contributed by atoms with Crippen LogP contribution in [0.25, 0.3) is 5.65 Å². The number of piperidine rings is 1. The lowest BCUT2D eigenvalue weighted by molar-refractivity contribution is 0.0610. The zero-order chi connectivity index (χ0) is 17.4. The first kappa shape index (κ1) is 16.1. The number of likely N-dealkylation sites (tertiary alicyclic amines) is 1. The van der Waals surface area contributed by atoms with Crippen LogP contribution in [0.1, 0.15) is 59.0 Å². The van der Waals surface area contributed by atoms with Crippen molar-refractivity contribution in [3.05, 3.63) is 40.3 Å². The molecule has 0 bridgehead atoms. The van der Waals surface area contributed by atoms with Gasteiger partial charge in [0.25, 0.3) is 5.91 Å². The summed E-state index contributed by atoms with van der Waals surface area (Å²) in [5, 5.41) is 8.37. The summed E-state index contributed by atoms with van der Waals surface area (Å²) in [5.41, 5.74) is 3.57. The van der Waals surface area contributed by atoms with Gasteiger partial charge in [0, 0.05) is 18.3 Å². The van der Waals surface area contributed by atoms with Crippen LogP contribution < -0.4 is 0 Å². The highest BCUT2D eigenvalue weighted by molar-refractivity contribution is 7.08. The number of fused-ring (bicyclic) bond motifs is 1. The van der Waals surface area contributed by atoms with Crippen molar-refractivity contribution in [2.24, 2.45) is 0 Å². The highest BCUT2D eigenvalue weighted by atomic mass is 32.1. The normalized spacial score (nSPS) is 18.0. The molecule has 1 aliphatic heterocycles. The Morgan fingerprint density at radius 2 is 2.28 bits per heavy atom. The Morgan fingerprint density at radius 3 is 3.12 bits per heavy atom. The molecule has 7 nitrogen and oxygen atoms in total. The summed E-state index contributed by atoms with van der Waals surface area (Å²) >= 11 is 1.19. The summed E-state index contributed by atoms with van der Waals surface area (Å²) in [5.74, 6) is 0.0318. The SMILES string of the molecule is CCc1nnsc1C(=O)N1CCCCC1c1cc(C)n2nccc2n1. The average molecular weight is 356 g/mol. The van der Waals surface area contributed by atoms with Crippen molar-refractivity contribution in [2.45, 2.75) is 45.6 Å². The maximum absolute atomic E-state index is 13.1. The monoisotopic (exact) mass is 356 g/mol. The van der Waals surface area contributed by atoms with E-state index < -0.39 is 0 Å². The molecular formula is C17H20N6OS. The molecule has 1 saturated heterocycles. The molecule has 1 atom stereocenters. The van der Waals surface area contributed by atoms with Gasteiger partial charge in [0.15, 0.2) is 5.65 Å². The van der Waals surface area contributed by atoms with E-state index >= 15 is 0 Å². The number of nitrogens with zero attached hydrogens (tertiary/aromatic N) is 6. The van der Waals surface area contributed by atoms with Crippen LogP contribution in [0, 0.1) is 6.92 Å². The van der Waals surface area contributed by atoms with Crippen LogP contribution in [0.15, 0.2) is 18.3 Å². The van der Waals surface area contributed by atoms with Crippen molar-refractivity contribution in [2.75, 3.05) is 6.54 Å². The molecule has 0 aromatic carbocycles. The zero-order valence-corrected chi connectivity index (χ0v) is 15.2. The molecule has 0 N–H and O–H groups in total. The summed E-state index contributed by atoms with van der Waals surface area (Å²) in [6, 6.07) is 3.93. The van der Waals surface area contributed by atoms with E-state index in [0.29, 0.717) is 4.88 Å². The highest BCUT2D eigenvalue weighted by Gasteiger charge is 2.32. The number of carbonyl (C=O) groups is 1. The number of hydrogen-bond donors (Lipinski definition) is 0. The third-order valence-corrected chi connectivity index (χ3v) is 5.50. The predicted octanol–water partition coefficient (Wildman–Crippen LogP) is 2.82. The minimum absolute atomic E-state index is 0.00773. The van der Waals surface area contributed by atoms with Crippen molar-refractivity contribution >= 4 is 23.1 Å². The van der Waals surface area contributed by atoms with Gasteiger partial charge in [-0.05, 0) is 50.2 Å². The maximum Gasteiger partial charge on any atom is 0.268 e. The van der Waals surface area contributed by atoms with E-state index in [9.17, 15) is 4.79 Å². The summed E-state index contributed by atoms with van der Waals surface area (Å²) in [4.78, 5) is 20.5. The molecule has 4 rings (SSSR count). The number of carbonyl (C=O) groups excluding carboxylic acids is 1. The Kier molecular flexibility index (Phi) is 4.20. The number of rotatable bonds is 3. The second kappa shape index (κ2) is 6.51. The molecule has 25 heavy (non-hydrogen) atoms. The van der Waals surface area contributed by atoms with Gasteiger partial charge < -0.3 is 4.90 Å². The van der Waals surface area contributed by atoms with Crippen molar-refractivity contribution in [3.8, 4) is 0 Å². The van der Waals surface area contributed by atoms with Gasteiger partial charge in [-0.3, -0.25) is 4.79 Å². The van der Waals surface area contributed by atoms with Gasteiger partial charge in [-0.2, -0.15) is 5.10 Å². The van der Waals surface area contributed by atoms with Crippen molar-refractivity contribution in [1.29, 1.82) is 0 Å². The molecule has 1 aliphatic rings. The first-order valence-electron chi connectivity index (χ1n) is 8.62. The van der Waals surface area contributed by atoms with E-state index in [-0.39, 0.29) is 11.9 Å². The zero-order valence-electron chi connectivity index (χ0n) is 14.3. The minimum atomic E-state index is -0.00773. The first-order valence-corrected chi connectivity index (χ1v) is 9.40. The highest BCUT2D eigenvalue weighted by Crippen LogP contribution is 2.32. The number of aryl methyl sites for hydroxylation is 2. The fraction of sp³-hybridized carbons (Fsp3) is 0.471. The lowest BCUT2D eigenvalue weighted by Gasteiger charge is -2.35. The molecule has 1 fully saturated rings. The van der Waals surface area contributed by atoms with Crippen molar-refractivity contribution in [3.63, 3.8) is 0 Å². The summed E-state index contributed by atoms with van der Waals surface area (Å²) in [7, 11) is 0. The topological polar surface area (TPSA) is 76.3 Å². The van der Waals surface area contributed by atoms with Crippen LogP contribution in [0.4, 0.5) is 0 Å². The van der Waals surface area contributed by atoms with Gasteiger partial charge in [-0.15, -0.1) is 5.10 Å². The van der Waals surface area contributed by atoms with Gasteiger partial charge in [-0.1, -0.05) is 11.4 Å². The standard InChI is InChI=1S/C17H20N6OS/c1-3-12-16(25-21-20-12)17(24)22-9-5-4-6-14(22)13-10-11(2)23-15(19-13)7-8-18-23/h7-8,10,14H,3-6,9H2,1-2H3. The molecule has 0 saturated carbocycles. The molecule has 8 heteroatoms. The molecule has 3 aromatic rings. The molecule has 3 aromatic heterocycles. The Bertz CT molecular complexity index is 917. The Morgan fingerprint density at radius 1 is 1.40 bits per heavy atom. The van der Waals surface area contributed by atoms with Gasteiger partial charge in [-0.25, -0.2) is 9.50 Å². The number of hydrogen-bond acceptors (Lipinski definition) is 6. The molecule has 0 spiro atoms. The first-order chi connectivity index (χ1) is 12.2. The van der Waals surface area contributed by atoms with Crippen LogP contribution in [0.2, 0.25) is 0 Å². The van der Waals surface area contributed by atoms with Crippen molar-refractivity contribution in [1.82, 2.24) is 29.1 Å². The van der Waals surface area contributed by atoms with Crippen LogP contribution in [0.3, 0.4) is 0 Å². The van der Waals surface area contributed by atoms with Crippen molar-refractivity contribution < 1.29 is 4.79 Å². The third kappa shape index (κ3) is 2.80. The molecule has 0 radical (unpaired) electrons. The molecule has 4 heterocycles. The number of aromatic nitrogens is 5. The third-order valence-electron chi connectivity index (χ3n) is 4.75. The Hall–Kier alpha value is -2.35. The molecular weight excluding hydrogens is 336 g/mol. The van der Waals surface area contributed by atoms with Gasteiger partial charge in [0.05, 0.1) is 23.6 Å². The smallest absolute Gasteiger partial charge is 0.268 e. The van der Waals surface area contributed by atoms with Crippen LogP contribution in [0.5, 0.6) is 0 Å². The quantitative estimate of drug-likeness (QED) is 0.721. The lowest BCUT2D eigenvalue weighted by Crippen LogP contribution is -2.39. The minimum Gasteiger partial charge on any atom is -0.329 e. The van der Waals surface area contributed by atoms with Gasteiger partial charge in [0.1, 0.15) is 4.88 Å². The summed E-state index contributed by atoms with van der Waals surface area (Å²) in [6.45, 7) is 4.76. The van der Waals surface area contributed by atoms with E-state index in [1.54, 1.807) is 6.20 Å². The summed E-state index contributed by atoms with van der Waals surface area (Å²) in [6.07, 6.45) is 5.51. The molecule has 0 aliphatic carbocycles. The predicted molar refractivity (Wildman–Crippen MR) is 94.6 cm³/mol. The summed E-state index contributed by atoms with van der Waals surface area (Å²) < 4.78 is 5.79.